The molecule has 4 atom stereocenters. The van der Waals surface area contributed by atoms with Crippen LogP contribution >= 0.6 is 0 Å². The van der Waals surface area contributed by atoms with Crippen LogP contribution in [0.25, 0.3) is 6.08 Å². The molecule has 0 aliphatic carbocycles. The third-order valence-electron chi connectivity index (χ3n) is 7.10. The van der Waals surface area contributed by atoms with Crippen molar-refractivity contribution in [3.05, 3.63) is 96.2 Å². The van der Waals surface area contributed by atoms with Gasteiger partial charge in [-0.05, 0) is 53.6 Å². The molecule has 2 saturated heterocycles. The second-order valence-electron chi connectivity index (χ2n) is 8.90. The summed E-state index contributed by atoms with van der Waals surface area (Å²) in [5, 5.41) is 2.94. The number of benzene rings is 3. The SMILES string of the molecule is COc1ccc(NC(=O)[C@@H]2[C@@H]3C(=O)N(c4ccccc4)C(=O)[C@@H]3C3c4ccccc4C=CN32)cc1. The molecule has 7 nitrogen and oxygen atoms in total. The number of rotatable bonds is 4. The van der Waals surface area contributed by atoms with E-state index >= 15 is 0 Å². The standard InChI is InChI=1S/C28H23N3O4/c1-35-20-13-11-18(12-14-20)29-26(32)25-23-22(24-21-10-6-5-7-17(21)15-16-30(24)25)27(33)31(28(23)34)19-8-3-2-4-9-19/h2-16,22-25H,1H3,(H,29,32)/t22-,23+,24?,25-/m0/s1. The zero-order valence-corrected chi connectivity index (χ0v) is 19.0. The second kappa shape index (κ2) is 8.13. The molecule has 7 heteroatoms. The normalized spacial score (nSPS) is 24.1. The molecule has 1 N–H and O–H groups in total. The fourth-order valence-corrected chi connectivity index (χ4v) is 5.58. The summed E-state index contributed by atoms with van der Waals surface area (Å²) in [5.41, 5.74) is 3.05. The van der Waals surface area contributed by atoms with Gasteiger partial charge in [0.2, 0.25) is 17.7 Å². The van der Waals surface area contributed by atoms with Crippen LogP contribution in [0.15, 0.2) is 85.1 Å². The molecular weight excluding hydrogens is 442 g/mol. The fraction of sp³-hybridized carbons (Fsp3) is 0.179. The number of para-hydroxylation sites is 1. The molecule has 0 radical (unpaired) electrons. The number of fused-ring (bicyclic) bond motifs is 5. The Labute approximate surface area is 202 Å². The van der Waals surface area contributed by atoms with Gasteiger partial charge in [0, 0.05) is 11.9 Å². The van der Waals surface area contributed by atoms with Crippen LogP contribution in [-0.4, -0.2) is 35.8 Å². The van der Waals surface area contributed by atoms with E-state index in [1.807, 2.05) is 47.5 Å². The Hall–Kier alpha value is -4.39. The Balaban J connectivity index is 1.42. The number of nitrogens with one attached hydrogen (secondary N) is 1. The van der Waals surface area contributed by atoms with E-state index in [-0.39, 0.29) is 17.7 Å². The first-order valence-electron chi connectivity index (χ1n) is 11.5. The molecule has 3 aromatic rings. The van der Waals surface area contributed by atoms with Crippen LogP contribution in [0.4, 0.5) is 11.4 Å². The predicted molar refractivity (Wildman–Crippen MR) is 131 cm³/mol. The summed E-state index contributed by atoms with van der Waals surface area (Å²) in [7, 11) is 1.58. The van der Waals surface area contributed by atoms with Crippen molar-refractivity contribution in [3.63, 3.8) is 0 Å². The minimum absolute atomic E-state index is 0.272. The topological polar surface area (TPSA) is 79.0 Å². The van der Waals surface area contributed by atoms with Crippen LogP contribution in [0.5, 0.6) is 5.75 Å². The lowest BCUT2D eigenvalue weighted by molar-refractivity contribution is -0.128. The first-order valence-corrected chi connectivity index (χ1v) is 11.5. The van der Waals surface area contributed by atoms with Crippen molar-refractivity contribution in [2.24, 2.45) is 11.8 Å². The maximum atomic E-state index is 13.8. The molecule has 3 amide bonds. The minimum Gasteiger partial charge on any atom is -0.497 e. The van der Waals surface area contributed by atoms with E-state index < -0.39 is 23.9 Å². The van der Waals surface area contributed by atoms with Crippen molar-refractivity contribution in [1.29, 1.82) is 0 Å². The van der Waals surface area contributed by atoms with Gasteiger partial charge >= 0.3 is 0 Å². The first-order chi connectivity index (χ1) is 17.1. The summed E-state index contributed by atoms with van der Waals surface area (Å²) in [6.45, 7) is 0. The molecule has 0 saturated carbocycles. The molecule has 3 aliphatic heterocycles. The Morgan fingerprint density at radius 1 is 0.857 bits per heavy atom. The molecule has 3 heterocycles. The summed E-state index contributed by atoms with van der Waals surface area (Å²) in [6.07, 6.45) is 3.78. The van der Waals surface area contributed by atoms with Gasteiger partial charge in [0.25, 0.3) is 0 Å². The van der Waals surface area contributed by atoms with Crippen LogP contribution in [-0.2, 0) is 14.4 Å². The van der Waals surface area contributed by atoms with E-state index in [2.05, 4.69) is 5.32 Å². The van der Waals surface area contributed by atoms with Gasteiger partial charge in [0.05, 0.1) is 30.7 Å². The minimum atomic E-state index is -0.832. The van der Waals surface area contributed by atoms with Crippen LogP contribution in [0.3, 0.4) is 0 Å². The number of hydrogen-bond donors (Lipinski definition) is 1. The maximum Gasteiger partial charge on any atom is 0.247 e. The molecule has 0 bridgehead atoms. The Kier molecular flexibility index (Phi) is 4.91. The highest BCUT2D eigenvalue weighted by Gasteiger charge is 2.64. The van der Waals surface area contributed by atoms with Crippen LogP contribution in [0, 0.1) is 11.8 Å². The lowest BCUT2D eigenvalue weighted by atomic mass is 9.84. The van der Waals surface area contributed by atoms with Crippen molar-refractivity contribution < 1.29 is 19.1 Å². The average Bonchev–Trinajstić information content (AvgIpc) is 3.37. The van der Waals surface area contributed by atoms with Crippen molar-refractivity contribution in [3.8, 4) is 5.75 Å². The number of amides is 3. The van der Waals surface area contributed by atoms with E-state index in [9.17, 15) is 14.4 Å². The number of imide groups is 1. The molecule has 0 aromatic heterocycles. The van der Waals surface area contributed by atoms with Crippen LogP contribution in [0.2, 0.25) is 0 Å². The molecule has 174 valence electrons. The van der Waals surface area contributed by atoms with Crippen molar-refractivity contribution >= 4 is 35.2 Å². The second-order valence-corrected chi connectivity index (χ2v) is 8.90. The summed E-state index contributed by atoms with van der Waals surface area (Å²) in [5.74, 6) is -1.74. The first kappa shape index (κ1) is 21.2. The zero-order chi connectivity index (χ0) is 24.1. The van der Waals surface area contributed by atoms with E-state index in [1.165, 1.54) is 4.90 Å². The number of methoxy groups -OCH3 is 1. The molecule has 6 rings (SSSR count). The summed E-state index contributed by atoms with van der Waals surface area (Å²) in [6, 6.07) is 22.5. The van der Waals surface area contributed by atoms with Gasteiger partial charge in [-0.15, -0.1) is 0 Å². The number of anilines is 2. The largest absolute Gasteiger partial charge is 0.497 e. The van der Waals surface area contributed by atoms with E-state index in [0.717, 1.165) is 11.1 Å². The summed E-state index contributed by atoms with van der Waals surface area (Å²) in [4.78, 5) is 44.3. The van der Waals surface area contributed by atoms with Crippen LogP contribution in [0.1, 0.15) is 17.2 Å². The van der Waals surface area contributed by atoms with Gasteiger partial charge in [-0.3, -0.25) is 14.4 Å². The number of ether oxygens (including phenoxy) is 1. The van der Waals surface area contributed by atoms with Gasteiger partial charge in [0.1, 0.15) is 11.8 Å². The van der Waals surface area contributed by atoms with E-state index in [0.29, 0.717) is 17.1 Å². The lowest BCUT2D eigenvalue weighted by Crippen LogP contribution is -2.46. The van der Waals surface area contributed by atoms with Gasteiger partial charge in [0.15, 0.2) is 0 Å². The average molecular weight is 466 g/mol. The van der Waals surface area contributed by atoms with Crippen LogP contribution < -0.4 is 15.0 Å². The highest BCUT2D eigenvalue weighted by atomic mass is 16.5. The Morgan fingerprint density at radius 2 is 1.54 bits per heavy atom. The number of carbonyl (C=O) groups is 3. The predicted octanol–water partition coefficient (Wildman–Crippen LogP) is 3.85. The Morgan fingerprint density at radius 3 is 2.29 bits per heavy atom. The molecule has 1 unspecified atom stereocenters. The third-order valence-corrected chi connectivity index (χ3v) is 7.10. The maximum absolute atomic E-state index is 13.8. The number of nitrogens with zero attached hydrogens (tertiary/aromatic N) is 2. The van der Waals surface area contributed by atoms with Crippen molar-refractivity contribution in [1.82, 2.24) is 4.90 Å². The molecule has 3 aromatic carbocycles. The van der Waals surface area contributed by atoms with Gasteiger partial charge < -0.3 is 15.0 Å². The highest BCUT2D eigenvalue weighted by Crippen LogP contribution is 2.53. The zero-order valence-electron chi connectivity index (χ0n) is 19.0. The number of hydrogen-bond acceptors (Lipinski definition) is 5. The third kappa shape index (κ3) is 3.23. The Bertz CT molecular complexity index is 1350. The summed E-state index contributed by atoms with van der Waals surface area (Å²) >= 11 is 0. The molecular formula is C28H23N3O4. The quantitative estimate of drug-likeness (QED) is 0.592. The monoisotopic (exact) mass is 465 g/mol. The lowest BCUT2D eigenvalue weighted by Gasteiger charge is -2.35. The van der Waals surface area contributed by atoms with Gasteiger partial charge in [-0.2, -0.15) is 0 Å². The smallest absolute Gasteiger partial charge is 0.247 e. The van der Waals surface area contributed by atoms with E-state index in [4.69, 9.17) is 4.74 Å². The highest BCUT2D eigenvalue weighted by molar-refractivity contribution is 6.24. The molecule has 0 spiro atoms. The molecule has 2 fully saturated rings. The molecule has 35 heavy (non-hydrogen) atoms. The van der Waals surface area contributed by atoms with Gasteiger partial charge in [-0.25, -0.2) is 4.90 Å². The molecule has 3 aliphatic rings. The van der Waals surface area contributed by atoms with E-state index in [1.54, 1.807) is 55.6 Å². The summed E-state index contributed by atoms with van der Waals surface area (Å²) < 4.78 is 5.20. The van der Waals surface area contributed by atoms with Crippen molar-refractivity contribution in [2.75, 3.05) is 17.3 Å². The van der Waals surface area contributed by atoms with Gasteiger partial charge in [-0.1, -0.05) is 42.5 Å². The number of carbonyl (C=O) groups excluding carboxylic acids is 3. The fourth-order valence-electron chi connectivity index (χ4n) is 5.58. The van der Waals surface area contributed by atoms with Crippen molar-refractivity contribution in [2.45, 2.75) is 12.1 Å².